The second-order valence-electron chi connectivity index (χ2n) is 5.55. The fraction of sp³-hybridized carbons (Fsp3) is 0.105. The number of aromatic hydroxyl groups is 1. The van der Waals surface area contributed by atoms with Crippen molar-refractivity contribution >= 4 is 11.6 Å². The van der Waals surface area contributed by atoms with Gasteiger partial charge in [-0.05, 0) is 55.0 Å². The van der Waals surface area contributed by atoms with Crippen molar-refractivity contribution in [1.82, 2.24) is 15.6 Å². The summed E-state index contributed by atoms with van der Waals surface area (Å²) in [7, 11) is 1.58. The number of aromatic nitrogens is 2. The number of ether oxygens (including phenoxy) is 1. The lowest BCUT2D eigenvalue weighted by molar-refractivity contribution is 0.0950. The van der Waals surface area contributed by atoms with Crippen molar-refractivity contribution in [3.8, 4) is 22.8 Å². The lowest BCUT2D eigenvalue weighted by Crippen LogP contribution is -2.19. The van der Waals surface area contributed by atoms with Crippen LogP contribution in [-0.4, -0.2) is 34.0 Å². The number of hydrogen-bond donors (Lipinski definition) is 3. The second-order valence-corrected chi connectivity index (χ2v) is 5.55. The molecule has 132 valence electrons. The van der Waals surface area contributed by atoms with Crippen LogP contribution in [0.1, 0.15) is 23.0 Å². The number of hydrogen-bond acceptors (Lipinski definition) is 5. The first-order chi connectivity index (χ1) is 12.6. The molecule has 0 atom stereocenters. The van der Waals surface area contributed by atoms with Crippen LogP contribution in [0.25, 0.3) is 11.3 Å². The van der Waals surface area contributed by atoms with E-state index in [1.807, 2.05) is 24.3 Å². The van der Waals surface area contributed by atoms with Crippen LogP contribution in [0.15, 0.2) is 59.7 Å². The van der Waals surface area contributed by atoms with E-state index in [1.165, 1.54) is 0 Å². The van der Waals surface area contributed by atoms with Crippen molar-refractivity contribution in [1.29, 1.82) is 0 Å². The molecule has 0 saturated heterocycles. The average Bonchev–Trinajstić information content (AvgIpc) is 3.16. The minimum absolute atomic E-state index is 0.173. The first-order valence-corrected chi connectivity index (χ1v) is 7.91. The van der Waals surface area contributed by atoms with Gasteiger partial charge in [-0.1, -0.05) is 12.1 Å². The number of nitrogens with zero attached hydrogens (tertiary/aromatic N) is 2. The van der Waals surface area contributed by atoms with Crippen molar-refractivity contribution in [2.24, 2.45) is 5.10 Å². The lowest BCUT2D eigenvalue weighted by Gasteiger charge is -2.04. The summed E-state index contributed by atoms with van der Waals surface area (Å²) >= 11 is 0. The van der Waals surface area contributed by atoms with Gasteiger partial charge in [-0.15, -0.1) is 0 Å². The lowest BCUT2D eigenvalue weighted by atomic mass is 10.1. The summed E-state index contributed by atoms with van der Waals surface area (Å²) in [6.45, 7) is 1.76. The number of nitrogens with one attached hydrogen (secondary N) is 2. The molecule has 3 aromatic rings. The summed E-state index contributed by atoms with van der Waals surface area (Å²) in [5.74, 6) is 0.441. The molecular weight excluding hydrogens is 332 g/mol. The van der Waals surface area contributed by atoms with Crippen molar-refractivity contribution in [3.05, 3.63) is 65.9 Å². The third kappa shape index (κ3) is 3.72. The molecule has 7 nitrogen and oxygen atoms in total. The first-order valence-electron chi connectivity index (χ1n) is 7.91. The zero-order valence-electron chi connectivity index (χ0n) is 14.4. The molecule has 26 heavy (non-hydrogen) atoms. The summed E-state index contributed by atoms with van der Waals surface area (Å²) < 4.78 is 5.31. The molecule has 3 rings (SSSR count). The Kier molecular flexibility index (Phi) is 4.98. The quantitative estimate of drug-likeness (QED) is 0.486. The van der Waals surface area contributed by atoms with E-state index in [0.29, 0.717) is 17.2 Å². The molecule has 1 amide bonds. The molecule has 0 unspecified atom stereocenters. The Hall–Kier alpha value is -3.61. The van der Waals surface area contributed by atoms with E-state index in [4.69, 9.17) is 4.74 Å². The van der Waals surface area contributed by atoms with E-state index in [0.717, 1.165) is 11.1 Å². The number of H-pyrrole nitrogens is 1. The maximum absolute atomic E-state index is 12.3. The van der Waals surface area contributed by atoms with Crippen LogP contribution >= 0.6 is 0 Å². The third-order valence-corrected chi connectivity index (χ3v) is 3.82. The number of phenols is 1. The first kappa shape index (κ1) is 17.2. The van der Waals surface area contributed by atoms with Crippen molar-refractivity contribution in [2.45, 2.75) is 6.92 Å². The van der Waals surface area contributed by atoms with Gasteiger partial charge in [-0.25, -0.2) is 5.43 Å². The Morgan fingerprint density at radius 3 is 2.65 bits per heavy atom. The minimum Gasteiger partial charge on any atom is -0.508 e. The van der Waals surface area contributed by atoms with Crippen molar-refractivity contribution in [3.63, 3.8) is 0 Å². The van der Waals surface area contributed by atoms with Gasteiger partial charge in [-0.3, -0.25) is 9.89 Å². The van der Waals surface area contributed by atoms with Gasteiger partial charge in [0.15, 0.2) is 0 Å². The van der Waals surface area contributed by atoms with Crippen LogP contribution in [0.4, 0.5) is 0 Å². The van der Waals surface area contributed by atoms with E-state index >= 15 is 0 Å². The molecule has 3 N–H and O–H groups in total. The zero-order chi connectivity index (χ0) is 18.5. The maximum atomic E-state index is 12.3. The predicted octanol–water partition coefficient (Wildman–Crippen LogP) is 2.94. The number of carbonyl (C=O) groups excluding carboxylic acids is 1. The highest BCUT2D eigenvalue weighted by Gasteiger charge is 2.13. The number of phenolic OH excluding ortho intramolecular Hbond substituents is 1. The van der Waals surface area contributed by atoms with Gasteiger partial charge >= 0.3 is 0 Å². The summed E-state index contributed by atoms with van der Waals surface area (Å²) in [5.41, 5.74) is 5.57. The number of rotatable bonds is 5. The highest BCUT2D eigenvalue weighted by atomic mass is 16.5. The van der Waals surface area contributed by atoms with Gasteiger partial charge in [0.1, 0.15) is 17.2 Å². The number of hydrazone groups is 1. The molecule has 2 aromatic carbocycles. The smallest absolute Gasteiger partial charge is 0.289 e. The molecule has 1 aromatic heterocycles. The Morgan fingerprint density at radius 1 is 1.19 bits per heavy atom. The number of methoxy groups -OCH3 is 1. The SMILES string of the molecule is COc1ccccc1-c1cc(C(=O)N/N=C(/C)c2ccc(O)cc2)[nH]n1. The van der Waals surface area contributed by atoms with Crippen LogP contribution in [0.5, 0.6) is 11.5 Å². The van der Waals surface area contributed by atoms with Crippen LogP contribution < -0.4 is 10.2 Å². The van der Waals surface area contributed by atoms with E-state index in [1.54, 1.807) is 44.4 Å². The molecular formula is C19H18N4O3. The Labute approximate surface area is 150 Å². The van der Waals surface area contributed by atoms with Gasteiger partial charge in [-0.2, -0.15) is 10.2 Å². The summed E-state index contributed by atoms with van der Waals surface area (Å²) in [6, 6.07) is 15.6. The molecule has 0 aliphatic heterocycles. The molecule has 1 heterocycles. The largest absolute Gasteiger partial charge is 0.508 e. The predicted molar refractivity (Wildman–Crippen MR) is 98.4 cm³/mol. The van der Waals surface area contributed by atoms with Crippen LogP contribution in [0, 0.1) is 0 Å². The highest BCUT2D eigenvalue weighted by Crippen LogP contribution is 2.28. The zero-order valence-corrected chi connectivity index (χ0v) is 14.4. The van der Waals surface area contributed by atoms with Gasteiger partial charge in [0.25, 0.3) is 5.91 Å². The van der Waals surface area contributed by atoms with E-state index in [2.05, 4.69) is 20.7 Å². The standard InChI is InChI=1S/C19H18N4O3/c1-12(13-7-9-14(24)10-8-13)20-23-19(25)17-11-16(21-22-17)15-5-3-4-6-18(15)26-2/h3-11,24H,1-2H3,(H,21,22)(H,23,25)/b20-12-. The number of benzene rings is 2. The van der Waals surface area contributed by atoms with Crippen LogP contribution in [-0.2, 0) is 0 Å². The highest BCUT2D eigenvalue weighted by molar-refractivity contribution is 6.00. The van der Waals surface area contributed by atoms with Gasteiger partial charge in [0.2, 0.25) is 0 Å². The molecule has 0 saturated carbocycles. The molecule has 0 aliphatic carbocycles. The number of carbonyl (C=O) groups is 1. The summed E-state index contributed by atoms with van der Waals surface area (Å²) in [4.78, 5) is 12.3. The Morgan fingerprint density at radius 2 is 1.92 bits per heavy atom. The van der Waals surface area contributed by atoms with Crippen LogP contribution in [0.3, 0.4) is 0 Å². The molecule has 0 bridgehead atoms. The molecule has 0 fully saturated rings. The van der Waals surface area contributed by atoms with Gasteiger partial charge < -0.3 is 9.84 Å². The molecule has 0 radical (unpaired) electrons. The summed E-state index contributed by atoms with van der Waals surface area (Å²) in [5, 5.41) is 20.3. The summed E-state index contributed by atoms with van der Waals surface area (Å²) in [6.07, 6.45) is 0. The molecule has 0 spiro atoms. The van der Waals surface area contributed by atoms with Gasteiger partial charge in [0.05, 0.1) is 18.5 Å². The maximum Gasteiger partial charge on any atom is 0.289 e. The third-order valence-electron chi connectivity index (χ3n) is 3.82. The fourth-order valence-electron chi connectivity index (χ4n) is 2.39. The van der Waals surface area contributed by atoms with E-state index in [9.17, 15) is 9.90 Å². The van der Waals surface area contributed by atoms with E-state index < -0.39 is 5.91 Å². The Bertz CT molecular complexity index is 945. The number of amides is 1. The molecule has 0 aliphatic rings. The Balaban J connectivity index is 1.74. The molecule has 7 heteroatoms. The van der Waals surface area contributed by atoms with E-state index in [-0.39, 0.29) is 11.4 Å². The topological polar surface area (TPSA) is 99.6 Å². The van der Waals surface area contributed by atoms with Crippen LogP contribution in [0.2, 0.25) is 0 Å². The minimum atomic E-state index is -0.406. The average molecular weight is 350 g/mol. The van der Waals surface area contributed by atoms with Crippen molar-refractivity contribution in [2.75, 3.05) is 7.11 Å². The number of aromatic amines is 1. The second kappa shape index (κ2) is 7.52. The fourth-order valence-corrected chi connectivity index (χ4v) is 2.39. The number of para-hydroxylation sites is 1. The monoisotopic (exact) mass is 350 g/mol. The van der Waals surface area contributed by atoms with Crippen molar-refractivity contribution < 1.29 is 14.6 Å². The normalized spacial score (nSPS) is 11.2. The van der Waals surface area contributed by atoms with Gasteiger partial charge in [0, 0.05) is 5.56 Å².